The Morgan fingerprint density at radius 2 is 2.42 bits per heavy atom. The van der Waals surface area contributed by atoms with Gasteiger partial charge in [0.2, 0.25) is 10.0 Å². The molecule has 68 valence electrons. The highest BCUT2D eigenvalue weighted by molar-refractivity contribution is 14.1. The van der Waals surface area contributed by atoms with Crippen molar-refractivity contribution in [3.8, 4) is 0 Å². The molecule has 0 spiro atoms. The molecule has 7 heteroatoms. The van der Waals surface area contributed by atoms with Gasteiger partial charge in [-0.05, 0) is 0 Å². The van der Waals surface area contributed by atoms with E-state index in [2.05, 4.69) is 4.99 Å². The summed E-state index contributed by atoms with van der Waals surface area (Å²) in [7, 11) is -3.21. The Hall–Kier alpha value is 0.180. The summed E-state index contributed by atoms with van der Waals surface area (Å²) in [4.78, 5) is 3.77. The van der Waals surface area contributed by atoms with Gasteiger partial charge in [0.05, 0.1) is 5.03 Å². The monoisotopic (exact) mass is 320 g/mol. The second-order valence-electron chi connectivity index (χ2n) is 2.08. The Morgan fingerprint density at radius 1 is 1.75 bits per heavy atom. The topological polar surface area (TPSA) is 49.7 Å². The van der Waals surface area contributed by atoms with Crippen LogP contribution in [-0.4, -0.2) is 29.4 Å². The zero-order chi connectivity index (χ0) is 9.19. The quantitative estimate of drug-likeness (QED) is 0.566. The SMILES string of the molecule is O=S(=O)(CI)N1C=C(Cl)C=NC1. The number of aliphatic imine (C=N–C) groups is 1. The van der Waals surface area contributed by atoms with E-state index in [1.807, 2.05) is 0 Å². The van der Waals surface area contributed by atoms with E-state index in [0.29, 0.717) is 5.03 Å². The summed E-state index contributed by atoms with van der Waals surface area (Å²) in [5.41, 5.74) is 0. The lowest BCUT2D eigenvalue weighted by molar-refractivity contribution is 0.510. The summed E-state index contributed by atoms with van der Waals surface area (Å²) in [6.45, 7) is 0.127. The Kier molecular flexibility index (Phi) is 3.36. The lowest BCUT2D eigenvalue weighted by atomic mass is 10.6. The van der Waals surface area contributed by atoms with Crippen molar-refractivity contribution < 1.29 is 8.42 Å². The van der Waals surface area contributed by atoms with Gasteiger partial charge < -0.3 is 0 Å². The predicted octanol–water partition coefficient (Wildman–Crippen LogP) is 1.13. The van der Waals surface area contributed by atoms with Crippen LogP contribution < -0.4 is 0 Å². The van der Waals surface area contributed by atoms with Crippen molar-refractivity contribution in [1.29, 1.82) is 0 Å². The van der Waals surface area contributed by atoms with Gasteiger partial charge in [-0.3, -0.25) is 9.30 Å². The molecule has 1 rings (SSSR count). The van der Waals surface area contributed by atoms with Crippen LogP contribution in [0.5, 0.6) is 0 Å². The van der Waals surface area contributed by atoms with Gasteiger partial charge in [0.15, 0.2) is 0 Å². The molecule has 0 aromatic rings. The van der Waals surface area contributed by atoms with E-state index in [1.165, 1.54) is 12.4 Å². The molecule has 0 amide bonds. The third kappa shape index (κ3) is 2.33. The fourth-order valence-corrected chi connectivity index (χ4v) is 2.61. The number of nitrogens with zero attached hydrogens (tertiary/aromatic N) is 2. The number of halogens is 2. The molecule has 4 nitrogen and oxygen atoms in total. The zero-order valence-corrected chi connectivity index (χ0v) is 9.67. The molecule has 0 aromatic heterocycles. The van der Waals surface area contributed by atoms with Crippen molar-refractivity contribution in [2.45, 2.75) is 0 Å². The molecule has 0 radical (unpaired) electrons. The summed E-state index contributed by atoms with van der Waals surface area (Å²) >= 11 is 7.36. The van der Waals surface area contributed by atoms with Crippen LogP contribution in [0.2, 0.25) is 0 Å². The van der Waals surface area contributed by atoms with E-state index in [9.17, 15) is 8.42 Å². The van der Waals surface area contributed by atoms with Crippen LogP contribution >= 0.6 is 34.2 Å². The van der Waals surface area contributed by atoms with Crippen LogP contribution in [0.1, 0.15) is 0 Å². The average molecular weight is 321 g/mol. The van der Waals surface area contributed by atoms with Gasteiger partial charge in [0.25, 0.3) is 0 Å². The standard InChI is InChI=1S/C5H6ClIN2O2S/c6-5-1-8-4-9(2-5)12(10,11)3-7/h1-2H,3-4H2. The van der Waals surface area contributed by atoms with Crippen molar-refractivity contribution >= 4 is 50.4 Å². The van der Waals surface area contributed by atoms with Crippen molar-refractivity contribution in [3.63, 3.8) is 0 Å². The van der Waals surface area contributed by atoms with Crippen LogP contribution in [-0.2, 0) is 10.0 Å². The molecule has 0 aliphatic carbocycles. The van der Waals surface area contributed by atoms with Crippen molar-refractivity contribution in [2.24, 2.45) is 4.99 Å². The maximum absolute atomic E-state index is 11.2. The predicted molar refractivity (Wildman–Crippen MR) is 56.9 cm³/mol. The number of hydrogen-bond acceptors (Lipinski definition) is 3. The molecule has 0 bridgehead atoms. The molecule has 1 heterocycles. The van der Waals surface area contributed by atoms with E-state index in [0.717, 1.165) is 4.31 Å². The number of sulfonamides is 1. The highest BCUT2D eigenvalue weighted by atomic mass is 127. The molecule has 12 heavy (non-hydrogen) atoms. The van der Waals surface area contributed by atoms with Gasteiger partial charge in [-0.25, -0.2) is 8.42 Å². The first-order valence-electron chi connectivity index (χ1n) is 2.99. The fraction of sp³-hybridized carbons (Fsp3) is 0.400. The summed E-state index contributed by atoms with van der Waals surface area (Å²) in [5, 5.41) is 0.328. The Labute approximate surface area is 89.5 Å². The Balaban J connectivity index is 2.87. The molecular weight excluding hydrogens is 314 g/mol. The van der Waals surface area contributed by atoms with Crippen LogP contribution in [0.15, 0.2) is 16.2 Å². The van der Waals surface area contributed by atoms with Gasteiger partial charge in [0.1, 0.15) is 10.4 Å². The molecule has 0 unspecified atom stereocenters. The van der Waals surface area contributed by atoms with Crippen LogP contribution in [0.25, 0.3) is 0 Å². The average Bonchev–Trinajstić information content (AvgIpc) is 2.05. The van der Waals surface area contributed by atoms with Crippen LogP contribution in [0.3, 0.4) is 0 Å². The Bertz CT molecular complexity index is 324. The van der Waals surface area contributed by atoms with E-state index < -0.39 is 10.0 Å². The van der Waals surface area contributed by atoms with Crippen LogP contribution in [0, 0.1) is 0 Å². The first-order valence-corrected chi connectivity index (χ1v) is 6.50. The van der Waals surface area contributed by atoms with E-state index in [-0.39, 0.29) is 10.4 Å². The van der Waals surface area contributed by atoms with Crippen LogP contribution in [0.4, 0.5) is 0 Å². The third-order valence-corrected chi connectivity index (χ3v) is 4.97. The normalized spacial score (nSPS) is 17.8. The zero-order valence-electron chi connectivity index (χ0n) is 5.94. The lowest BCUT2D eigenvalue weighted by Gasteiger charge is -2.18. The smallest absolute Gasteiger partial charge is 0.245 e. The lowest BCUT2D eigenvalue weighted by Crippen LogP contribution is -2.28. The van der Waals surface area contributed by atoms with Crippen molar-refractivity contribution in [2.75, 3.05) is 10.4 Å². The van der Waals surface area contributed by atoms with Crippen molar-refractivity contribution in [1.82, 2.24) is 4.31 Å². The minimum atomic E-state index is -3.21. The first-order chi connectivity index (χ1) is 5.56. The Morgan fingerprint density at radius 3 is 2.92 bits per heavy atom. The van der Waals surface area contributed by atoms with Gasteiger partial charge in [-0.15, -0.1) is 0 Å². The molecule has 0 saturated carbocycles. The summed E-state index contributed by atoms with van der Waals surface area (Å²) in [6, 6.07) is 0. The van der Waals surface area contributed by atoms with Gasteiger partial charge >= 0.3 is 0 Å². The fourth-order valence-electron chi connectivity index (χ4n) is 0.651. The number of alkyl halides is 1. The van der Waals surface area contributed by atoms with E-state index >= 15 is 0 Å². The summed E-state index contributed by atoms with van der Waals surface area (Å²) < 4.78 is 23.6. The summed E-state index contributed by atoms with van der Waals surface area (Å²) in [6.07, 6.45) is 2.79. The van der Waals surface area contributed by atoms with E-state index in [1.54, 1.807) is 22.6 Å². The minimum absolute atomic E-state index is 0.0287. The molecule has 0 aromatic carbocycles. The van der Waals surface area contributed by atoms with Gasteiger partial charge in [-0.1, -0.05) is 34.2 Å². The number of allylic oxidation sites excluding steroid dienone is 1. The molecule has 1 aliphatic rings. The largest absolute Gasteiger partial charge is 0.269 e. The molecule has 1 aliphatic heterocycles. The highest BCUT2D eigenvalue weighted by Crippen LogP contribution is 2.13. The van der Waals surface area contributed by atoms with Crippen molar-refractivity contribution in [3.05, 3.63) is 11.2 Å². The highest BCUT2D eigenvalue weighted by Gasteiger charge is 2.18. The number of rotatable bonds is 2. The minimum Gasteiger partial charge on any atom is -0.269 e. The molecule has 0 atom stereocenters. The third-order valence-electron chi connectivity index (χ3n) is 1.20. The molecule has 0 saturated heterocycles. The second kappa shape index (κ2) is 3.93. The molecular formula is C5H6ClIN2O2S. The maximum Gasteiger partial charge on any atom is 0.245 e. The molecule has 0 N–H and O–H groups in total. The molecule has 0 fully saturated rings. The van der Waals surface area contributed by atoms with Gasteiger partial charge in [-0.2, -0.15) is 0 Å². The number of hydrogen-bond donors (Lipinski definition) is 0. The maximum atomic E-state index is 11.2. The van der Waals surface area contributed by atoms with Gasteiger partial charge in [0, 0.05) is 12.4 Å². The first kappa shape index (κ1) is 10.3. The second-order valence-corrected chi connectivity index (χ2v) is 6.23. The van der Waals surface area contributed by atoms with E-state index in [4.69, 9.17) is 11.6 Å². The summed E-state index contributed by atoms with van der Waals surface area (Å²) in [5.74, 6) is 0.